The SMILES string of the molecule is COc1ccc(C(=O)OCC(=O)N2CCOC2=O)cc1OC. The van der Waals surface area contributed by atoms with Gasteiger partial charge in [-0.15, -0.1) is 0 Å². The second-order valence-electron chi connectivity index (χ2n) is 4.31. The Morgan fingerprint density at radius 1 is 1.23 bits per heavy atom. The van der Waals surface area contributed by atoms with Gasteiger partial charge in [-0.2, -0.15) is 0 Å². The third-order valence-corrected chi connectivity index (χ3v) is 3.01. The van der Waals surface area contributed by atoms with E-state index in [0.717, 1.165) is 4.90 Å². The Bertz CT molecular complexity index is 599. The summed E-state index contributed by atoms with van der Waals surface area (Å²) in [6.07, 6.45) is -0.729. The number of esters is 1. The molecular weight excluding hydrogens is 294 g/mol. The number of hydrogen-bond acceptors (Lipinski definition) is 7. The van der Waals surface area contributed by atoms with Crippen molar-refractivity contribution in [1.82, 2.24) is 4.90 Å². The fourth-order valence-electron chi connectivity index (χ4n) is 1.87. The molecule has 1 aliphatic heterocycles. The first-order valence-electron chi connectivity index (χ1n) is 6.43. The van der Waals surface area contributed by atoms with E-state index in [1.54, 1.807) is 6.07 Å². The first kappa shape index (κ1) is 15.6. The van der Waals surface area contributed by atoms with Gasteiger partial charge in [-0.3, -0.25) is 4.79 Å². The maximum Gasteiger partial charge on any atom is 0.416 e. The molecule has 0 bridgehead atoms. The zero-order valence-corrected chi connectivity index (χ0v) is 12.2. The largest absolute Gasteiger partial charge is 0.493 e. The summed E-state index contributed by atoms with van der Waals surface area (Å²) in [5, 5.41) is 0. The van der Waals surface area contributed by atoms with Crippen molar-refractivity contribution in [2.45, 2.75) is 0 Å². The fourth-order valence-corrected chi connectivity index (χ4v) is 1.87. The normalized spacial score (nSPS) is 13.5. The lowest BCUT2D eigenvalue weighted by Gasteiger charge is -2.12. The van der Waals surface area contributed by atoms with E-state index in [0.29, 0.717) is 11.5 Å². The summed E-state index contributed by atoms with van der Waals surface area (Å²) in [6.45, 7) is -0.234. The van der Waals surface area contributed by atoms with Crippen LogP contribution in [0.1, 0.15) is 10.4 Å². The average molecular weight is 309 g/mol. The minimum absolute atomic E-state index is 0.147. The van der Waals surface area contributed by atoms with E-state index >= 15 is 0 Å². The number of ether oxygens (including phenoxy) is 4. The van der Waals surface area contributed by atoms with Crippen LogP contribution in [-0.2, 0) is 14.3 Å². The molecule has 0 aliphatic carbocycles. The molecule has 0 saturated carbocycles. The predicted molar refractivity (Wildman–Crippen MR) is 72.9 cm³/mol. The van der Waals surface area contributed by atoms with Crippen LogP contribution in [0.3, 0.4) is 0 Å². The molecule has 22 heavy (non-hydrogen) atoms. The van der Waals surface area contributed by atoms with E-state index < -0.39 is 24.6 Å². The summed E-state index contributed by atoms with van der Waals surface area (Å²) in [6, 6.07) is 4.48. The van der Waals surface area contributed by atoms with E-state index in [1.807, 2.05) is 0 Å². The number of carbonyl (C=O) groups is 3. The lowest BCUT2D eigenvalue weighted by molar-refractivity contribution is -0.131. The van der Waals surface area contributed by atoms with Crippen molar-refractivity contribution in [2.24, 2.45) is 0 Å². The molecule has 118 valence electrons. The van der Waals surface area contributed by atoms with Crippen LogP contribution in [0, 0.1) is 0 Å². The van der Waals surface area contributed by atoms with Crippen LogP contribution in [0.15, 0.2) is 18.2 Å². The van der Waals surface area contributed by atoms with Crippen LogP contribution in [0.25, 0.3) is 0 Å². The molecule has 1 aromatic carbocycles. The number of imide groups is 1. The van der Waals surface area contributed by atoms with E-state index in [2.05, 4.69) is 4.74 Å². The third kappa shape index (κ3) is 3.27. The highest BCUT2D eigenvalue weighted by Gasteiger charge is 2.29. The molecule has 0 atom stereocenters. The average Bonchev–Trinajstić information content (AvgIpc) is 2.97. The van der Waals surface area contributed by atoms with Crippen LogP contribution >= 0.6 is 0 Å². The molecule has 2 rings (SSSR count). The quantitative estimate of drug-likeness (QED) is 0.744. The first-order chi connectivity index (χ1) is 10.6. The summed E-state index contributed by atoms with van der Waals surface area (Å²) < 4.78 is 19.7. The summed E-state index contributed by atoms with van der Waals surface area (Å²) >= 11 is 0. The Hall–Kier alpha value is -2.77. The highest BCUT2D eigenvalue weighted by atomic mass is 16.6. The first-order valence-corrected chi connectivity index (χ1v) is 6.43. The van der Waals surface area contributed by atoms with E-state index in [-0.39, 0.29) is 18.7 Å². The van der Waals surface area contributed by atoms with Gasteiger partial charge < -0.3 is 18.9 Å². The molecular formula is C14H15NO7. The number of methoxy groups -OCH3 is 2. The molecule has 8 nitrogen and oxygen atoms in total. The van der Waals surface area contributed by atoms with Gasteiger partial charge in [-0.1, -0.05) is 0 Å². The highest BCUT2D eigenvalue weighted by Crippen LogP contribution is 2.27. The van der Waals surface area contributed by atoms with Crippen LogP contribution in [0.2, 0.25) is 0 Å². The molecule has 1 aromatic rings. The second-order valence-corrected chi connectivity index (χ2v) is 4.31. The second kappa shape index (κ2) is 6.79. The van der Waals surface area contributed by atoms with Gasteiger partial charge >= 0.3 is 12.1 Å². The number of cyclic esters (lactones) is 1. The van der Waals surface area contributed by atoms with Crippen LogP contribution in [-0.4, -0.2) is 56.8 Å². The number of hydrogen-bond donors (Lipinski definition) is 0. The molecule has 1 heterocycles. The van der Waals surface area contributed by atoms with Gasteiger partial charge in [-0.05, 0) is 18.2 Å². The minimum atomic E-state index is -0.729. The standard InChI is InChI=1S/C14H15NO7/c1-19-10-4-3-9(7-11(10)20-2)13(17)22-8-12(16)15-5-6-21-14(15)18/h3-4,7H,5-6,8H2,1-2H3. The topological polar surface area (TPSA) is 91.4 Å². The Kier molecular flexibility index (Phi) is 4.82. The van der Waals surface area contributed by atoms with Crippen molar-refractivity contribution >= 4 is 18.0 Å². The maximum absolute atomic E-state index is 11.9. The van der Waals surface area contributed by atoms with Gasteiger partial charge in [0.25, 0.3) is 5.91 Å². The molecule has 0 aromatic heterocycles. The molecule has 0 unspecified atom stereocenters. The van der Waals surface area contributed by atoms with E-state index in [9.17, 15) is 14.4 Å². The molecule has 8 heteroatoms. The van der Waals surface area contributed by atoms with Crippen LogP contribution < -0.4 is 9.47 Å². The highest BCUT2D eigenvalue weighted by molar-refractivity contribution is 5.96. The van der Waals surface area contributed by atoms with Gasteiger partial charge in [0.2, 0.25) is 0 Å². The molecule has 1 aliphatic rings. The molecule has 1 fully saturated rings. The number of rotatable bonds is 5. The summed E-state index contributed by atoms with van der Waals surface area (Å²) in [7, 11) is 2.92. The molecule has 0 N–H and O–H groups in total. The third-order valence-electron chi connectivity index (χ3n) is 3.01. The van der Waals surface area contributed by atoms with Crippen molar-refractivity contribution in [3.05, 3.63) is 23.8 Å². The van der Waals surface area contributed by atoms with Crippen LogP contribution in [0.5, 0.6) is 11.5 Å². The molecule has 2 amide bonds. The molecule has 0 radical (unpaired) electrons. The number of amides is 2. The smallest absolute Gasteiger partial charge is 0.416 e. The monoisotopic (exact) mass is 309 g/mol. The van der Waals surface area contributed by atoms with Gasteiger partial charge in [0.05, 0.1) is 26.3 Å². The predicted octanol–water partition coefficient (Wildman–Crippen LogP) is 0.839. The maximum atomic E-state index is 11.9. The minimum Gasteiger partial charge on any atom is -0.493 e. The number of carbonyl (C=O) groups excluding carboxylic acids is 3. The number of nitrogens with zero attached hydrogens (tertiary/aromatic N) is 1. The van der Waals surface area contributed by atoms with Crippen molar-refractivity contribution < 1.29 is 33.3 Å². The fraction of sp³-hybridized carbons (Fsp3) is 0.357. The lowest BCUT2D eigenvalue weighted by atomic mass is 10.2. The zero-order chi connectivity index (χ0) is 16.1. The zero-order valence-electron chi connectivity index (χ0n) is 12.2. The summed E-state index contributed by atoms with van der Waals surface area (Å²) in [5.74, 6) is -0.500. The van der Waals surface area contributed by atoms with Gasteiger partial charge in [-0.25, -0.2) is 14.5 Å². The summed E-state index contributed by atoms with van der Waals surface area (Å²) in [5.41, 5.74) is 0.203. The molecule has 0 spiro atoms. The van der Waals surface area contributed by atoms with Gasteiger partial charge in [0.1, 0.15) is 6.61 Å². The van der Waals surface area contributed by atoms with Crippen molar-refractivity contribution in [1.29, 1.82) is 0 Å². The Morgan fingerprint density at radius 3 is 2.55 bits per heavy atom. The van der Waals surface area contributed by atoms with Crippen molar-refractivity contribution in [3.8, 4) is 11.5 Å². The van der Waals surface area contributed by atoms with E-state index in [4.69, 9.17) is 14.2 Å². The van der Waals surface area contributed by atoms with E-state index in [1.165, 1.54) is 26.4 Å². The van der Waals surface area contributed by atoms with Crippen LogP contribution in [0.4, 0.5) is 4.79 Å². The van der Waals surface area contributed by atoms with Crippen molar-refractivity contribution in [2.75, 3.05) is 34.0 Å². The van der Waals surface area contributed by atoms with Gasteiger partial charge in [0, 0.05) is 0 Å². The molecule has 1 saturated heterocycles. The Balaban J connectivity index is 1.97. The Morgan fingerprint density at radius 2 is 1.95 bits per heavy atom. The van der Waals surface area contributed by atoms with Gasteiger partial charge in [0.15, 0.2) is 18.1 Å². The summed E-state index contributed by atoms with van der Waals surface area (Å²) in [4.78, 5) is 35.7. The number of benzene rings is 1. The van der Waals surface area contributed by atoms with Crippen molar-refractivity contribution in [3.63, 3.8) is 0 Å². The Labute approximate surface area is 126 Å². The lowest BCUT2D eigenvalue weighted by Crippen LogP contribution is -2.35.